The molecule has 11 nitrogen and oxygen atoms in total. The number of benzene rings is 1. The van der Waals surface area contributed by atoms with Crippen LogP contribution < -0.4 is 31.7 Å². The Bertz CT molecular complexity index is 1580. The Morgan fingerprint density at radius 1 is 1.15 bits per heavy atom. The van der Waals surface area contributed by atoms with Crippen molar-refractivity contribution in [3.63, 3.8) is 0 Å². The van der Waals surface area contributed by atoms with Gasteiger partial charge in [0.1, 0.15) is 12.6 Å². The fourth-order valence-electron chi connectivity index (χ4n) is 12.7. The number of hydrogen-bond donors (Lipinski definition) is 8. The summed E-state index contributed by atoms with van der Waals surface area (Å²) >= 11 is 0. The summed E-state index contributed by atoms with van der Waals surface area (Å²) in [5.74, 6) is -0.200. The van der Waals surface area contributed by atoms with Gasteiger partial charge in [0.2, 0.25) is 0 Å². The Balaban J connectivity index is 1.14. The van der Waals surface area contributed by atoms with Crippen molar-refractivity contribution in [2.45, 2.75) is 163 Å². The van der Waals surface area contributed by atoms with Gasteiger partial charge in [0.15, 0.2) is 6.67 Å². The van der Waals surface area contributed by atoms with Crippen molar-refractivity contribution in [2.75, 3.05) is 19.8 Å². The molecule has 4 fully saturated rings. The number of rotatable bonds is 6. The molecule has 0 radical (unpaired) electrons. The maximum atomic E-state index is 12.5. The van der Waals surface area contributed by atoms with Crippen molar-refractivity contribution in [3.8, 4) is 0 Å². The lowest BCUT2D eigenvalue weighted by Crippen LogP contribution is -3.16. The Hall–Kier alpha value is -2.22. The van der Waals surface area contributed by atoms with Crippen LogP contribution in [-0.4, -0.2) is 101 Å². The number of carboxylic acid groups (broad SMARTS) is 1. The highest BCUT2D eigenvalue weighted by Crippen LogP contribution is 2.60. The van der Waals surface area contributed by atoms with Gasteiger partial charge in [-0.1, -0.05) is 42.3 Å². The predicted molar refractivity (Wildman–Crippen MR) is 207 cm³/mol. The van der Waals surface area contributed by atoms with E-state index in [2.05, 4.69) is 65.1 Å². The highest BCUT2D eigenvalue weighted by atomic mass is 16.4. The number of carboxylic acids is 1. The molecule has 11 heteroatoms. The van der Waals surface area contributed by atoms with E-state index < -0.39 is 30.2 Å². The van der Waals surface area contributed by atoms with E-state index in [1.54, 1.807) is 0 Å². The van der Waals surface area contributed by atoms with Gasteiger partial charge < -0.3 is 46.5 Å². The summed E-state index contributed by atoms with van der Waals surface area (Å²) in [7, 11) is 0. The van der Waals surface area contributed by atoms with E-state index in [1.165, 1.54) is 21.6 Å². The van der Waals surface area contributed by atoms with E-state index in [0.717, 1.165) is 64.3 Å². The third kappa shape index (κ3) is 7.99. The van der Waals surface area contributed by atoms with Crippen LogP contribution in [0.15, 0.2) is 40.9 Å². The summed E-state index contributed by atoms with van der Waals surface area (Å²) in [6.45, 7) is 5.97. The third-order valence-electron chi connectivity index (χ3n) is 15.5. The summed E-state index contributed by atoms with van der Waals surface area (Å²) in [6, 6.07) is 9.39. The number of nitrogens with two attached hydrogens (primary N) is 1. The van der Waals surface area contributed by atoms with Gasteiger partial charge in [0, 0.05) is 43.0 Å². The Morgan fingerprint density at radius 2 is 2.00 bits per heavy atom. The van der Waals surface area contributed by atoms with Gasteiger partial charge in [0.25, 0.3) is 0 Å². The first-order valence-corrected chi connectivity index (χ1v) is 21.2. The minimum absolute atomic E-state index is 0.00852. The largest absolute Gasteiger partial charge is 0.550 e. The number of fused-ring (bicyclic) bond motifs is 1. The molecule has 0 aromatic heterocycles. The van der Waals surface area contributed by atoms with Crippen LogP contribution in [-0.2, 0) is 11.2 Å². The molecule has 3 aliphatic carbocycles. The average Bonchev–Trinajstić information content (AvgIpc) is 3.80. The summed E-state index contributed by atoms with van der Waals surface area (Å²) in [4.78, 5) is 18.0. The Kier molecular flexibility index (Phi) is 10.9. The smallest absolute Gasteiger partial charge is 0.171 e. The van der Waals surface area contributed by atoms with Gasteiger partial charge in [0.05, 0.1) is 36.2 Å². The first kappa shape index (κ1) is 38.6. The highest BCUT2D eigenvalue weighted by molar-refractivity contribution is 5.65. The van der Waals surface area contributed by atoms with Gasteiger partial charge in [-0.3, -0.25) is 5.32 Å². The number of hydrogen-bond acceptors (Lipinski definition) is 10. The number of carbonyl (C=O) groups is 1. The number of aliphatic carboxylic acids is 1. The molecule has 15 atom stereocenters. The van der Waals surface area contributed by atoms with Crippen LogP contribution in [0, 0.1) is 23.2 Å². The summed E-state index contributed by atoms with van der Waals surface area (Å²) in [5.41, 5.74) is 8.92. The topological polar surface area (TPSA) is 180 Å². The lowest BCUT2D eigenvalue weighted by molar-refractivity contribution is -0.914. The third-order valence-corrected chi connectivity index (χ3v) is 15.5. The molecular formula is C43H66N6O5. The lowest BCUT2D eigenvalue weighted by Gasteiger charge is -2.50. The maximum absolute atomic E-state index is 12.5. The van der Waals surface area contributed by atoms with Gasteiger partial charge in [-0.05, 0) is 125 Å². The standard InChI is InChI=1S/C43H66N6O5/c1-26-37(50)19-36(49-12-11-45-25-49)35(47-26)18-38(51)34-17-30-20-42-8-4-7-31(42)15-29(30)16-33(34)28-6-3-5-27(13-28)14-32-21-41(2,22-39(44)48-32)46-24-43(54,10-9-42)23-40(52)53/h3,5-6,11,13,15,26,30-39,46-48,50-51,54H,4,7-10,12,14,16-25,44H2,1-2H3,(H,52,53). The van der Waals surface area contributed by atoms with Crippen LogP contribution >= 0.6 is 0 Å². The van der Waals surface area contributed by atoms with E-state index in [0.29, 0.717) is 44.2 Å². The molecule has 2 saturated heterocycles. The zero-order valence-electron chi connectivity index (χ0n) is 32.5. The van der Waals surface area contributed by atoms with E-state index in [9.17, 15) is 25.2 Å². The van der Waals surface area contributed by atoms with Crippen LogP contribution in [0.5, 0.6) is 0 Å². The fraction of sp³-hybridized carbons (Fsp3) is 0.767. The minimum Gasteiger partial charge on any atom is -0.550 e. The summed E-state index contributed by atoms with van der Waals surface area (Å²) in [6.07, 6.45) is 14.0. The number of piperidine rings is 2. The number of carbonyl (C=O) groups excluding carboxylic acids is 1. The van der Waals surface area contributed by atoms with Crippen molar-refractivity contribution in [1.82, 2.24) is 16.0 Å². The van der Waals surface area contributed by atoms with Crippen LogP contribution in [0.25, 0.3) is 0 Å². The number of nitrogens with one attached hydrogen (secondary N) is 4. The second-order valence-corrected chi connectivity index (χ2v) is 19.4. The van der Waals surface area contributed by atoms with Gasteiger partial charge in [-0.2, -0.15) is 0 Å². The molecule has 54 heavy (non-hydrogen) atoms. The van der Waals surface area contributed by atoms with Gasteiger partial charge >= 0.3 is 0 Å². The Labute approximate surface area is 321 Å². The number of aliphatic hydroxyl groups is 3. The minimum atomic E-state index is -1.43. The zero-order chi connectivity index (χ0) is 37.8. The first-order chi connectivity index (χ1) is 25.8. The van der Waals surface area contributed by atoms with Crippen molar-refractivity contribution in [2.24, 2.45) is 33.9 Å². The average molecular weight is 747 g/mol. The fourth-order valence-corrected chi connectivity index (χ4v) is 12.7. The number of quaternary nitrogens is 1. The zero-order valence-corrected chi connectivity index (χ0v) is 32.5. The molecule has 15 unspecified atom stereocenters. The molecule has 9 aliphatic rings. The number of allylic oxidation sites excluding steroid dienone is 2. The number of aliphatic hydroxyl groups excluding tert-OH is 2. The molecule has 1 aromatic rings. The van der Waals surface area contributed by atoms with Crippen molar-refractivity contribution < 1.29 is 30.1 Å². The van der Waals surface area contributed by atoms with Crippen molar-refractivity contribution >= 4 is 12.2 Å². The van der Waals surface area contributed by atoms with Crippen LogP contribution in [0.1, 0.15) is 114 Å². The van der Waals surface area contributed by atoms with Crippen LogP contribution in [0.3, 0.4) is 0 Å². The second-order valence-electron chi connectivity index (χ2n) is 19.4. The van der Waals surface area contributed by atoms with E-state index in [1.807, 2.05) is 6.21 Å². The van der Waals surface area contributed by atoms with E-state index >= 15 is 0 Å². The van der Waals surface area contributed by atoms with E-state index in [-0.39, 0.29) is 59.7 Å². The molecule has 2 saturated carbocycles. The van der Waals surface area contributed by atoms with Crippen molar-refractivity contribution in [3.05, 3.63) is 47.0 Å². The van der Waals surface area contributed by atoms with Gasteiger partial charge in [-0.25, -0.2) is 4.99 Å². The quantitative estimate of drug-likeness (QED) is 0.194. The first-order valence-electron chi connectivity index (χ1n) is 21.2. The molecule has 298 valence electrons. The van der Waals surface area contributed by atoms with Crippen LogP contribution in [0.2, 0.25) is 0 Å². The lowest BCUT2D eigenvalue weighted by atomic mass is 9.56. The SMILES string of the molecule is CC1NC(CC(O)C2CC3CC45CCCC4C=C3CC2c2cccc(c2)CC2CC(C)(CC(N)N2)NCC(O)(CC(=O)[O-])CC5)C([NH+]2CC=NC2)CC1O. The molecule has 8 bridgehead atoms. The number of nitrogens with zero attached hydrogens (tertiary/aromatic N) is 1. The normalized spacial score (nSPS) is 45.7. The molecule has 9 N–H and O–H groups in total. The molecule has 0 amide bonds. The number of aliphatic imine (C=N–C) groups is 1. The van der Waals surface area contributed by atoms with E-state index in [4.69, 9.17) is 5.73 Å². The van der Waals surface area contributed by atoms with Crippen molar-refractivity contribution in [1.29, 1.82) is 0 Å². The molecule has 1 aromatic carbocycles. The highest BCUT2D eigenvalue weighted by Gasteiger charge is 2.52. The maximum Gasteiger partial charge on any atom is 0.171 e. The number of β-amino-alcohol motifs (C(OH)–C–C–N with tert-alkyl or cyclic N) is 1. The molecule has 6 heterocycles. The molecule has 6 aliphatic heterocycles. The monoisotopic (exact) mass is 747 g/mol. The van der Waals surface area contributed by atoms with Crippen LogP contribution in [0.4, 0.5) is 0 Å². The van der Waals surface area contributed by atoms with Gasteiger partial charge in [-0.15, -0.1) is 0 Å². The second kappa shape index (κ2) is 15.3. The summed E-state index contributed by atoms with van der Waals surface area (Å²) < 4.78 is 0. The summed E-state index contributed by atoms with van der Waals surface area (Å²) in [5, 5.41) is 58.6. The molecular weight excluding hydrogens is 681 g/mol. The Morgan fingerprint density at radius 3 is 2.80 bits per heavy atom. The predicted octanol–water partition coefficient (Wildman–Crippen LogP) is 0.663. The molecule has 10 rings (SSSR count). The molecule has 1 spiro atoms.